The fraction of sp³-hybridized carbons (Fsp3) is 0.733. The fourth-order valence-electron chi connectivity index (χ4n) is 3.34. The van der Waals surface area contributed by atoms with Crippen LogP contribution < -0.4 is 0 Å². The number of carboxylic acid groups (broad SMARTS) is 1. The van der Waals surface area contributed by atoms with Crippen molar-refractivity contribution < 1.29 is 36.2 Å². The van der Waals surface area contributed by atoms with Crippen LogP contribution in [0.15, 0.2) is 17.6 Å². The van der Waals surface area contributed by atoms with Gasteiger partial charge in [-0.3, -0.25) is 4.90 Å². The Hall–Kier alpha value is -1.70. The molecular formula is C15H23F3N4O5S. The van der Waals surface area contributed by atoms with Crippen LogP contribution in [0.1, 0.15) is 13.8 Å². The summed E-state index contributed by atoms with van der Waals surface area (Å²) in [5.74, 6) is -2.76. The highest BCUT2D eigenvalue weighted by Crippen LogP contribution is 2.27. The second-order valence-electron chi connectivity index (χ2n) is 6.89. The van der Waals surface area contributed by atoms with Crippen LogP contribution in [0.25, 0.3) is 0 Å². The van der Waals surface area contributed by atoms with Crippen molar-refractivity contribution in [2.75, 3.05) is 26.3 Å². The largest absolute Gasteiger partial charge is 0.490 e. The number of hydrogen-bond acceptors (Lipinski definition) is 6. The van der Waals surface area contributed by atoms with E-state index in [0.717, 1.165) is 0 Å². The minimum absolute atomic E-state index is 0.121. The molecule has 2 bridgehead atoms. The molecular weight excluding hydrogens is 405 g/mol. The van der Waals surface area contributed by atoms with E-state index in [0.29, 0.717) is 32.3 Å². The summed E-state index contributed by atoms with van der Waals surface area (Å²) < 4.78 is 66.0. The number of morpholine rings is 1. The molecule has 3 rings (SSSR count). The first-order chi connectivity index (χ1) is 12.8. The standard InChI is InChI=1S/C13H22N4O3S.C2HF3O2/c1-10(2)17-11-4-16(5-12(17)8-20-7-11)21(18,19)13-6-15(3)9-14-13;3-2(4,5)1(6)7/h6,9-12H,4-5,7-8H2,1-3H3;(H,6,7). The van der Waals surface area contributed by atoms with Crippen molar-refractivity contribution in [2.45, 2.75) is 43.2 Å². The molecule has 0 spiro atoms. The number of carboxylic acids is 1. The van der Waals surface area contributed by atoms with Crippen molar-refractivity contribution in [3.05, 3.63) is 12.5 Å². The third kappa shape index (κ3) is 5.01. The van der Waals surface area contributed by atoms with Crippen LogP contribution in [0.4, 0.5) is 13.2 Å². The van der Waals surface area contributed by atoms with Gasteiger partial charge in [0.05, 0.1) is 19.5 Å². The Morgan fingerprint density at radius 1 is 1.29 bits per heavy atom. The molecule has 2 aliphatic heterocycles. The lowest BCUT2D eigenvalue weighted by atomic mass is 10.0. The number of aliphatic carboxylic acids is 1. The molecule has 1 aromatic heterocycles. The van der Waals surface area contributed by atoms with Crippen LogP contribution in [-0.4, -0.2) is 88.9 Å². The molecule has 9 nitrogen and oxygen atoms in total. The van der Waals surface area contributed by atoms with Crippen molar-refractivity contribution in [3.63, 3.8) is 0 Å². The molecule has 2 atom stereocenters. The van der Waals surface area contributed by atoms with E-state index in [1.54, 1.807) is 22.1 Å². The Labute approximate surface area is 160 Å². The zero-order valence-corrected chi connectivity index (χ0v) is 16.4. The van der Waals surface area contributed by atoms with Gasteiger partial charge in [0.2, 0.25) is 0 Å². The number of imidazole rings is 1. The predicted molar refractivity (Wildman–Crippen MR) is 91.0 cm³/mol. The topological polar surface area (TPSA) is 105 Å². The lowest BCUT2D eigenvalue weighted by Crippen LogP contribution is -2.66. The van der Waals surface area contributed by atoms with Gasteiger partial charge in [0, 0.05) is 44.5 Å². The number of aromatic nitrogens is 2. The Kier molecular flexibility index (Phi) is 6.74. The molecule has 0 aliphatic carbocycles. The summed E-state index contributed by atoms with van der Waals surface area (Å²) in [4.78, 5) is 15.3. The van der Waals surface area contributed by atoms with Gasteiger partial charge >= 0.3 is 12.1 Å². The highest BCUT2D eigenvalue weighted by atomic mass is 32.2. The Morgan fingerprint density at radius 3 is 2.14 bits per heavy atom. The number of rotatable bonds is 3. The van der Waals surface area contributed by atoms with Gasteiger partial charge in [0.1, 0.15) is 0 Å². The zero-order chi connectivity index (χ0) is 21.3. The van der Waals surface area contributed by atoms with Crippen molar-refractivity contribution in [2.24, 2.45) is 7.05 Å². The quantitative estimate of drug-likeness (QED) is 0.749. The van der Waals surface area contributed by atoms with E-state index in [4.69, 9.17) is 14.6 Å². The van der Waals surface area contributed by atoms with E-state index in [1.807, 2.05) is 0 Å². The first kappa shape index (κ1) is 22.6. The van der Waals surface area contributed by atoms with Gasteiger partial charge in [-0.05, 0) is 13.8 Å². The van der Waals surface area contributed by atoms with E-state index in [1.165, 1.54) is 6.33 Å². The maximum atomic E-state index is 12.7. The van der Waals surface area contributed by atoms with E-state index in [-0.39, 0.29) is 17.1 Å². The van der Waals surface area contributed by atoms with Crippen molar-refractivity contribution >= 4 is 16.0 Å². The molecule has 2 aliphatic rings. The molecule has 0 radical (unpaired) electrons. The first-order valence-corrected chi connectivity index (χ1v) is 9.91. The van der Waals surface area contributed by atoms with Gasteiger partial charge in [-0.2, -0.15) is 17.5 Å². The highest BCUT2D eigenvalue weighted by molar-refractivity contribution is 7.89. The average molecular weight is 428 g/mol. The second kappa shape index (κ2) is 8.35. The van der Waals surface area contributed by atoms with E-state index in [2.05, 4.69) is 23.7 Å². The van der Waals surface area contributed by atoms with Gasteiger partial charge in [0.25, 0.3) is 10.0 Å². The van der Waals surface area contributed by atoms with Crippen LogP contribution >= 0.6 is 0 Å². The third-order valence-electron chi connectivity index (χ3n) is 4.42. The van der Waals surface area contributed by atoms with Crippen LogP contribution in [0.3, 0.4) is 0 Å². The van der Waals surface area contributed by atoms with Gasteiger partial charge < -0.3 is 14.4 Å². The van der Waals surface area contributed by atoms with Crippen LogP contribution in [-0.2, 0) is 26.6 Å². The summed E-state index contributed by atoms with van der Waals surface area (Å²) in [5.41, 5.74) is 0. The second-order valence-corrected chi connectivity index (χ2v) is 8.77. The number of alkyl halides is 3. The number of nitrogens with zero attached hydrogens (tertiary/aromatic N) is 4. The third-order valence-corrected chi connectivity index (χ3v) is 6.13. The monoisotopic (exact) mass is 428 g/mol. The summed E-state index contributed by atoms with van der Waals surface area (Å²) in [6, 6.07) is 0.635. The number of ether oxygens (including phenoxy) is 1. The molecule has 28 heavy (non-hydrogen) atoms. The van der Waals surface area contributed by atoms with Gasteiger partial charge in [0.15, 0.2) is 5.03 Å². The average Bonchev–Trinajstić information content (AvgIpc) is 3.00. The molecule has 160 valence electrons. The molecule has 2 saturated heterocycles. The zero-order valence-electron chi connectivity index (χ0n) is 15.6. The predicted octanol–water partition coefficient (Wildman–Crippen LogP) is 0.536. The molecule has 0 aromatic carbocycles. The van der Waals surface area contributed by atoms with Gasteiger partial charge in [-0.25, -0.2) is 18.2 Å². The lowest BCUT2D eigenvalue weighted by molar-refractivity contribution is -0.192. The molecule has 1 aromatic rings. The van der Waals surface area contributed by atoms with E-state index >= 15 is 0 Å². The summed E-state index contributed by atoms with van der Waals surface area (Å²) in [6.45, 7) is 6.40. The number of halogens is 3. The van der Waals surface area contributed by atoms with Gasteiger partial charge in [-0.1, -0.05) is 0 Å². The van der Waals surface area contributed by atoms with Crippen LogP contribution in [0.2, 0.25) is 0 Å². The van der Waals surface area contributed by atoms with Crippen molar-refractivity contribution in [1.82, 2.24) is 18.8 Å². The maximum absolute atomic E-state index is 12.7. The highest BCUT2D eigenvalue weighted by Gasteiger charge is 2.43. The fourth-order valence-corrected chi connectivity index (χ4v) is 4.82. The normalized spacial score (nSPS) is 24.0. The number of carbonyl (C=O) groups is 1. The molecule has 13 heteroatoms. The first-order valence-electron chi connectivity index (χ1n) is 8.47. The number of hydrogen-bond donors (Lipinski definition) is 1. The summed E-state index contributed by atoms with van der Waals surface area (Å²) in [7, 11) is -1.74. The Balaban J connectivity index is 0.000000345. The molecule has 2 fully saturated rings. The molecule has 3 heterocycles. The molecule has 0 saturated carbocycles. The number of fused-ring (bicyclic) bond motifs is 2. The Morgan fingerprint density at radius 2 is 1.79 bits per heavy atom. The summed E-state index contributed by atoms with van der Waals surface area (Å²) in [6.07, 6.45) is -2.02. The summed E-state index contributed by atoms with van der Waals surface area (Å²) >= 11 is 0. The number of piperazine rings is 1. The van der Waals surface area contributed by atoms with E-state index < -0.39 is 22.2 Å². The Bertz CT molecular complexity index is 782. The van der Waals surface area contributed by atoms with E-state index in [9.17, 15) is 21.6 Å². The minimum atomic E-state index is -5.08. The van der Waals surface area contributed by atoms with Crippen molar-refractivity contribution in [1.29, 1.82) is 0 Å². The van der Waals surface area contributed by atoms with Crippen LogP contribution in [0.5, 0.6) is 0 Å². The van der Waals surface area contributed by atoms with Crippen molar-refractivity contribution in [3.8, 4) is 0 Å². The molecule has 1 N–H and O–H groups in total. The minimum Gasteiger partial charge on any atom is -0.475 e. The van der Waals surface area contributed by atoms with Gasteiger partial charge in [-0.15, -0.1) is 0 Å². The summed E-state index contributed by atoms with van der Waals surface area (Å²) in [5, 5.41) is 7.25. The molecule has 2 unspecified atom stereocenters. The lowest BCUT2D eigenvalue weighted by Gasteiger charge is -2.50. The smallest absolute Gasteiger partial charge is 0.475 e. The SMILES string of the molecule is CC(C)N1C2COCC1CN(S(=O)(=O)c1cn(C)cn1)C2.O=C(O)C(F)(F)F. The van der Waals surface area contributed by atoms with Crippen LogP contribution in [0, 0.1) is 0 Å². The number of aryl methyl sites for hydroxylation is 1. The maximum Gasteiger partial charge on any atom is 0.490 e. The molecule has 0 amide bonds. The number of sulfonamides is 1.